The van der Waals surface area contributed by atoms with Crippen LogP contribution in [-0.2, 0) is 19.4 Å². The topological polar surface area (TPSA) is 110 Å². The van der Waals surface area contributed by atoms with Crippen molar-refractivity contribution in [1.82, 2.24) is 0 Å². The summed E-state index contributed by atoms with van der Waals surface area (Å²) in [6, 6.07) is 4.77. The molecule has 2 N–H and O–H groups in total. The fourth-order valence-corrected chi connectivity index (χ4v) is 8.31. The Morgan fingerprint density at radius 1 is 1.13 bits per heavy atom. The van der Waals surface area contributed by atoms with Gasteiger partial charge in [0.05, 0.1) is 27.4 Å². The number of esters is 1. The molecular weight excluding hydrogens is 547 g/mol. The molecule has 38 heavy (non-hydrogen) atoms. The summed E-state index contributed by atoms with van der Waals surface area (Å²) in [5, 5.41) is 12.3. The molecule has 12 heteroatoms. The van der Waals surface area contributed by atoms with Crippen molar-refractivity contribution in [3.63, 3.8) is 0 Å². The van der Waals surface area contributed by atoms with Gasteiger partial charge >= 0.3 is 5.97 Å². The SMILES string of the molecule is CCOC(=O)/C=C/C1(O)CC2CCC(C1)C2S(=O)(=O)c1cc(C(=O)Nc2cc(F)c(F)c(F)c2)ccc1Cl. The van der Waals surface area contributed by atoms with Crippen LogP contribution in [0.15, 0.2) is 47.4 Å². The van der Waals surface area contributed by atoms with Gasteiger partial charge in [-0.2, -0.15) is 0 Å². The number of fused-ring (bicyclic) bond motifs is 2. The molecule has 2 aromatic rings. The maximum absolute atomic E-state index is 13.8. The number of rotatable bonds is 7. The van der Waals surface area contributed by atoms with Crippen molar-refractivity contribution in [3.8, 4) is 0 Å². The monoisotopic (exact) mass is 571 g/mol. The van der Waals surface area contributed by atoms with E-state index in [4.69, 9.17) is 16.3 Å². The molecule has 2 unspecified atom stereocenters. The predicted molar refractivity (Wildman–Crippen MR) is 133 cm³/mol. The van der Waals surface area contributed by atoms with Crippen molar-refractivity contribution in [2.75, 3.05) is 11.9 Å². The standard InChI is InChI=1S/C26H25ClF3NO6S/c1-2-37-22(32)7-8-26(34)12-15-3-4-16(13-26)24(15)38(35,36)21-9-14(5-6-18(21)27)25(33)31-17-10-19(28)23(30)20(29)11-17/h5-11,15-16,24,34H,2-4,12-13H2,1H3,(H,31,33)/b8-7+. The minimum atomic E-state index is -4.07. The van der Waals surface area contributed by atoms with E-state index >= 15 is 0 Å². The molecule has 4 rings (SSSR count). The van der Waals surface area contributed by atoms with Crippen molar-refractivity contribution in [3.05, 3.63) is 70.5 Å². The molecule has 2 saturated carbocycles. The van der Waals surface area contributed by atoms with Crippen LogP contribution >= 0.6 is 11.6 Å². The number of hydrogen-bond donors (Lipinski definition) is 2. The third kappa shape index (κ3) is 5.60. The number of halogens is 4. The zero-order valence-corrected chi connectivity index (χ0v) is 21.8. The average Bonchev–Trinajstić information content (AvgIpc) is 3.15. The molecular formula is C26H25ClF3NO6S. The van der Waals surface area contributed by atoms with E-state index in [-0.39, 0.29) is 40.6 Å². The highest BCUT2D eigenvalue weighted by Gasteiger charge is 2.53. The van der Waals surface area contributed by atoms with Gasteiger partial charge in [0.1, 0.15) is 0 Å². The summed E-state index contributed by atoms with van der Waals surface area (Å²) in [6.07, 6.45) is 3.83. The molecule has 2 aliphatic rings. The number of ether oxygens (including phenoxy) is 1. The van der Waals surface area contributed by atoms with Crippen molar-refractivity contribution in [2.24, 2.45) is 11.8 Å². The maximum Gasteiger partial charge on any atom is 0.330 e. The first-order valence-electron chi connectivity index (χ1n) is 11.9. The van der Waals surface area contributed by atoms with E-state index in [0.717, 1.165) is 12.1 Å². The number of benzene rings is 2. The average molecular weight is 572 g/mol. The first kappa shape index (κ1) is 28.1. The summed E-state index contributed by atoms with van der Waals surface area (Å²) in [4.78, 5) is 24.1. The lowest BCUT2D eigenvalue weighted by Gasteiger charge is -2.39. The molecule has 2 aliphatic carbocycles. The molecule has 0 spiro atoms. The lowest BCUT2D eigenvalue weighted by Crippen LogP contribution is -2.45. The van der Waals surface area contributed by atoms with Gasteiger partial charge in [-0.15, -0.1) is 0 Å². The van der Waals surface area contributed by atoms with Crippen LogP contribution in [0.4, 0.5) is 18.9 Å². The zero-order chi connectivity index (χ0) is 27.8. The summed E-state index contributed by atoms with van der Waals surface area (Å²) in [5.41, 5.74) is -1.86. The van der Waals surface area contributed by atoms with E-state index < -0.39 is 61.9 Å². The Hall–Kier alpha value is -2.89. The quantitative estimate of drug-likeness (QED) is 0.280. The molecule has 0 radical (unpaired) electrons. The van der Waals surface area contributed by atoms with E-state index in [1.165, 1.54) is 18.2 Å². The lowest BCUT2D eigenvalue weighted by molar-refractivity contribution is -0.137. The largest absolute Gasteiger partial charge is 0.463 e. The third-order valence-corrected chi connectivity index (χ3v) is 9.86. The van der Waals surface area contributed by atoms with Crippen LogP contribution in [0.5, 0.6) is 0 Å². The molecule has 7 nitrogen and oxygen atoms in total. The number of aliphatic hydroxyl groups is 1. The van der Waals surface area contributed by atoms with Crippen molar-refractivity contribution in [1.29, 1.82) is 0 Å². The zero-order valence-electron chi connectivity index (χ0n) is 20.2. The molecule has 0 aliphatic heterocycles. The van der Waals surface area contributed by atoms with Gasteiger partial charge in [0.25, 0.3) is 5.91 Å². The van der Waals surface area contributed by atoms with Crippen molar-refractivity contribution >= 4 is 39.0 Å². The summed E-state index contributed by atoms with van der Waals surface area (Å²) in [6.45, 7) is 1.84. The van der Waals surface area contributed by atoms with E-state index in [1.807, 2.05) is 0 Å². The number of amides is 1. The second-order valence-corrected chi connectivity index (χ2v) is 12.0. The normalized spacial score (nSPS) is 24.9. The second-order valence-electron chi connectivity index (χ2n) is 9.56. The summed E-state index contributed by atoms with van der Waals surface area (Å²) in [7, 11) is -4.07. The molecule has 0 aromatic heterocycles. The first-order chi connectivity index (χ1) is 17.8. The lowest BCUT2D eigenvalue weighted by atomic mass is 9.77. The van der Waals surface area contributed by atoms with Crippen molar-refractivity contribution in [2.45, 2.75) is 48.4 Å². The number of carbonyl (C=O) groups excluding carboxylic acids is 2. The Bertz CT molecular complexity index is 1380. The fourth-order valence-electron chi connectivity index (χ4n) is 5.47. The highest BCUT2D eigenvalue weighted by atomic mass is 35.5. The van der Waals surface area contributed by atoms with Crippen molar-refractivity contribution < 1.29 is 41.0 Å². The Labute approximate surface area is 222 Å². The summed E-state index contributed by atoms with van der Waals surface area (Å²) < 4.78 is 72.6. The number of nitrogens with one attached hydrogen (secondary N) is 1. The van der Waals surface area contributed by atoms with Gasteiger partial charge in [-0.3, -0.25) is 4.79 Å². The number of sulfone groups is 1. The van der Waals surface area contributed by atoms with Crippen LogP contribution in [0.3, 0.4) is 0 Å². The molecule has 2 fully saturated rings. The third-order valence-electron chi connectivity index (χ3n) is 6.98. The Kier molecular flexibility index (Phi) is 7.92. The van der Waals surface area contributed by atoms with Crippen LogP contribution < -0.4 is 5.32 Å². The number of carbonyl (C=O) groups is 2. The minimum Gasteiger partial charge on any atom is -0.463 e. The Morgan fingerprint density at radius 3 is 2.32 bits per heavy atom. The van der Waals surface area contributed by atoms with Gasteiger partial charge in [0.2, 0.25) is 0 Å². The van der Waals surface area contributed by atoms with Crippen LogP contribution in [-0.4, -0.2) is 42.9 Å². The highest BCUT2D eigenvalue weighted by Crippen LogP contribution is 2.51. The van der Waals surface area contributed by atoms with E-state index in [0.29, 0.717) is 25.0 Å². The molecule has 2 aromatic carbocycles. The van der Waals surface area contributed by atoms with Gasteiger partial charge in [-0.05, 0) is 68.7 Å². The van der Waals surface area contributed by atoms with Gasteiger partial charge in [-0.1, -0.05) is 11.6 Å². The molecule has 2 atom stereocenters. The Morgan fingerprint density at radius 2 is 1.74 bits per heavy atom. The smallest absolute Gasteiger partial charge is 0.330 e. The number of anilines is 1. The minimum absolute atomic E-state index is 0.108. The maximum atomic E-state index is 13.8. The Balaban J connectivity index is 1.57. The summed E-state index contributed by atoms with van der Waals surface area (Å²) in [5.74, 6) is -7.00. The molecule has 0 saturated heterocycles. The fraction of sp³-hybridized carbons (Fsp3) is 0.385. The molecule has 1 amide bonds. The van der Waals surface area contributed by atoms with E-state index in [2.05, 4.69) is 5.32 Å². The second kappa shape index (κ2) is 10.7. The van der Waals surface area contributed by atoms with E-state index in [9.17, 15) is 36.3 Å². The van der Waals surface area contributed by atoms with Gasteiger partial charge in [0.15, 0.2) is 27.3 Å². The van der Waals surface area contributed by atoms with Gasteiger partial charge in [-0.25, -0.2) is 26.4 Å². The van der Waals surface area contributed by atoms with Gasteiger partial charge < -0.3 is 15.2 Å². The molecule has 0 heterocycles. The molecule has 204 valence electrons. The van der Waals surface area contributed by atoms with E-state index in [1.54, 1.807) is 6.92 Å². The van der Waals surface area contributed by atoms with Gasteiger partial charge in [0, 0.05) is 29.5 Å². The predicted octanol–water partition coefficient (Wildman–Crippen LogP) is 4.82. The van der Waals surface area contributed by atoms with Crippen LogP contribution in [0.1, 0.15) is 43.0 Å². The molecule has 2 bridgehead atoms. The van der Waals surface area contributed by atoms with Crippen LogP contribution in [0.25, 0.3) is 0 Å². The number of hydrogen-bond acceptors (Lipinski definition) is 6. The highest BCUT2D eigenvalue weighted by molar-refractivity contribution is 7.92. The van der Waals surface area contributed by atoms with Crippen LogP contribution in [0, 0.1) is 29.3 Å². The summed E-state index contributed by atoms with van der Waals surface area (Å²) >= 11 is 6.25. The first-order valence-corrected chi connectivity index (χ1v) is 13.8. The van der Waals surface area contributed by atoms with Crippen LogP contribution in [0.2, 0.25) is 5.02 Å².